The normalized spacial score (nSPS) is 31.8. The monoisotopic (exact) mass is 263 g/mol. The van der Waals surface area contributed by atoms with E-state index < -0.39 is 5.54 Å². The summed E-state index contributed by atoms with van der Waals surface area (Å²) in [6, 6.07) is 2.16. The van der Waals surface area contributed by atoms with Gasteiger partial charge in [0.25, 0.3) is 0 Å². The molecule has 3 unspecified atom stereocenters. The number of nitrogens with one attached hydrogen (secondary N) is 2. The van der Waals surface area contributed by atoms with E-state index in [0.717, 1.165) is 25.7 Å². The molecule has 0 aromatic carbocycles. The standard InChI is InChI=1S/C14H21N3O2/c1-9(12(19)17-14(8-15)4-5-14)6-11-7-13(11,3)16-10(2)18/h9,11H,4-7H2,1-3H3,(H,16,18)(H,17,19). The van der Waals surface area contributed by atoms with Gasteiger partial charge in [0, 0.05) is 18.4 Å². The lowest BCUT2D eigenvalue weighted by Crippen LogP contribution is -2.40. The number of nitrogens with zero attached hydrogens (tertiary/aromatic N) is 1. The number of carbonyl (C=O) groups is 2. The van der Waals surface area contributed by atoms with Crippen LogP contribution in [0.4, 0.5) is 0 Å². The summed E-state index contributed by atoms with van der Waals surface area (Å²) < 4.78 is 0. The highest BCUT2D eigenvalue weighted by molar-refractivity contribution is 5.80. The van der Waals surface area contributed by atoms with Crippen LogP contribution in [0.15, 0.2) is 0 Å². The fourth-order valence-corrected chi connectivity index (χ4v) is 2.63. The molecule has 19 heavy (non-hydrogen) atoms. The van der Waals surface area contributed by atoms with Gasteiger partial charge in [-0.2, -0.15) is 5.26 Å². The summed E-state index contributed by atoms with van der Waals surface area (Å²) in [5.41, 5.74) is -0.733. The van der Waals surface area contributed by atoms with E-state index in [1.54, 1.807) is 0 Å². The van der Waals surface area contributed by atoms with Gasteiger partial charge in [-0.3, -0.25) is 9.59 Å². The van der Waals surface area contributed by atoms with E-state index in [1.165, 1.54) is 6.92 Å². The topological polar surface area (TPSA) is 82.0 Å². The lowest BCUT2D eigenvalue weighted by Gasteiger charge is -2.17. The first kappa shape index (κ1) is 13.9. The smallest absolute Gasteiger partial charge is 0.224 e. The van der Waals surface area contributed by atoms with Crippen molar-refractivity contribution in [2.75, 3.05) is 0 Å². The van der Waals surface area contributed by atoms with Gasteiger partial charge in [-0.1, -0.05) is 6.92 Å². The highest BCUT2D eigenvalue weighted by atomic mass is 16.2. The van der Waals surface area contributed by atoms with Gasteiger partial charge < -0.3 is 10.6 Å². The average molecular weight is 263 g/mol. The second-order valence-corrected chi connectivity index (χ2v) is 6.32. The van der Waals surface area contributed by atoms with E-state index in [1.807, 2.05) is 13.8 Å². The Labute approximate surface area is 113 Å². The Hall–Kier alpha value is -1.57. The van der Waals surface area contributed by atoms with Gasteiger partial charge in [0.05, 0.1) is 6.07 Å². The molecule has 0 aromatic rings. The molecule has 104 valence electrons. The van der Waals surface area contributed by atoms with Crippen LogP contribution in [0.25, 0.3) is 0 Å². The Morgan fingerprint density at radius 2 is 2.05 bits per heavy atom. The number of hydrogen-bond donors (Lipinski definition) is 2. The molecular formula is C14H21N3O2. The lowest BCUT2D eigenvalue weighted by atomic mass is 10.0. The Morgan fingerprint density at radius 3 is 2.53 bits per heavy atom. The van der Waals surface area contributed by atoms with Gasteiger partial charge in [-0.25, -0.2) is 0 Å². The van der Waals surface area contributed by atoms with E-state index in [2.05, 4.69) is 16.7 Å². The molecule has 2 aliphatic carbocycles. The van der Waals surface area contributed by atoms with Crippen molar-refractivity contribution < 1.29 is 9.59 Å². The molecule has 3 atom stereocenters. The molecule has 5 heteroatoms. The highest BCUT2D eigenvalue weighted by Gasteiger charge is 2.52. The molecule has 0 bridgehead atoms. The molecule has 0 aromatic heterocycles. The van der Waals surface area contributed by atoms with E-state index >= 15 is 0 Å². The first-order valence-corrected chi connectivity index (χ1v) is 6.82. The number of hydrogen-bond acceptors (Lipinski definition) is 3. The van der Waals surface area contributed by atoms with Crippen LogP contribution in [-0.4, -0.2) is 22.9 Å². The summed E-state index contributed by atoms with van der Waals surface area (Å²) in [6.45, 7) is 5.41. The van der Waals surface area contributed by atoms with Crippen LogP contribution in [0.1, 0.15) is 46.5 Å². The molecule has 2 amide bonds. The van der Waals surface area contributed by atoms with Crippen LogP contribution in [0, 0.1) is 23.2 Å². The van der Waals surface area contributed by atoms with Crippen LogP contribution in [0.5, 0.6) is 0 Å². The molecule has 0 heterocycles. The fourth-order valence-electron chi connectivity index (χ4n) is 2.63. The predicted molar refractivity (Wildman–Crippen MR) is 69.8 cm³/mol. The Morgan fingerprint density at radius 1 is 1.42 bits per heavy atom. The minimum atomic E-state index is -0.587. The molecule has 0 spiro atoms. The van der Waals surface area contributed by atoms with Crippen LogP contribution in [-0.2, 0) is 9.59 Å². The summed E-state index contributed by atoms with van der Waals surface area (Å²) >= 11 is 0. The number of rotatable bonds is 5. The zero-order chi connectivity index (χ0) is 14.3. The molecule has 2 rings (SSSR count). The minimum absolute atomic E-state index is 0.0245. The molecule has 5 nitrogen and oxygen atoms in total. The van der Waals surface area contributed by atoms with Crippen molar-refractivity contribution in [2.45, 2.75) is 57.5 Å². The third kappa shape index (κ3) is 3.06. The van der Waals surface area contributed by atoms with Crippen molar-refractivity contribution in [2.24, 2.45) is 11.8 Å². The third-order valence-electron chi connectivity index (χ3n) is 4.29. The van der Waals surface area contributed by atoms with Gasteiger partial charge in [0.1, 0.15) is 5.54 Å². The second-order valence-electron chi connectivity index (χ2n) is 6.32. The molecule has 2 fully saturated rings. The first-order chi connectivity index (χ1) is 8.80. The van der Waals surface area contributed by atoms with Crippen LogP contribution in [0.3, 0.4) is 0 Å². The fraction of sp³-hybridized carbons (Fsp3) is 0.786. The van der Waals surface area contributed by atoms with Crippen molar-refractivity contribution in [1.82, 2.24) is 10.6 Å². The lowest BCUT2D eigenvalue weighted by molar-refractivity contribution is -0.125. The zero-order valence-electron chi connectivity index (χ0n) is 11.7. The van der Waals surface area contributed by atoms with Crippen molar-refractivity contribution in [3.8, 4) is 6.07 Å². The number of nitriles is 1. The van der Waals surface area contributed by atoms with Crippen molar-refractivity contribution >= 4 is 11.8 Å². The Balaban J connectivity index is 1.79. The molecule has 0 aliphatic heterocycles. The van der Waals surface area contributed by atoms with E-state index in [4.69, 9.17) is 5.26 Å². The summed E-state index contributed by atoms with van der Waals surface area (Å²) in [5.74, 6) is 0.167. The largest absolute Gasteiger partial charge is 0.351 e. The van der Waals surface area contributed by atoms with E-state index in [0.29, 0.717) is 5.92 Å². The van der Waals surface area contributed by atoms with Crippen LogP contribution < -0.4 is 10.6 Å². The van der Waals surface area contributed by atoms with Crippen molar-refractivity contribution in [3.05, 3.63) is 0 Å². The second kappa shape index (κ2) is 4.52. The van der Waals surface area contributed by atoms with Crippen LogP contribution >= 0.6 is 0 Å². The maximum Gasteiger partial charge on any atom is 0.224 e. The van der Waals surface area contributed by atoms with Gasteiger partial charge >= 0.3 is 0 Å². The molecule has 0 radical (unpaired) electrons. The summed E-state index contributed by atoms with van der Waals surface area (Å²) in [4.78, 5) is 23.1. The Kier molecular flexibility index (Phi) is 3.29. The molecular weight excluding hydrogens is 242 g/mol. The predicted octanol–water partition coefficient (Wildman–Crippen LogP) is 1.10. The highest BCUT2D eigenvalue weighted by Crippen LogP contribution is 2.47. The quantitative estimate of drug-likeness (QED) is 0.779. The maximum atomic E-state index is 12.0. The molecule has 0 saturated heterocycles. The summed E-state index contributed by atoms with van der Waals surface area (Å²) in [7, 11) is 0. The maximum absolute atomic E-state index is 12.0. The van der Waals surface area contributed by atoms with E-state index in [9.17, 15) is 9.59 Å². The van der Waals surface area contributed by atoms with Crippen LogP contribution in [0.2, 0.25) is 0 Å². The van der Waals surface area contributed by atoms with Gasteiger partial charge in [-0.15, -0.1) is 0 Å². The van der Waals surface area contributed by atoms with Crippen molar-refractivity contribution in [3.63, 3.8) is 0 Å². The van der Waals surface area contributed by atoms with Gasteiger partial charge in [-0.05, 0) is 38.5 Å². The van der Waals surface area contributed by atoms with Gasteiger partial charge in [0.15, 0.2) is 0 Å². The van der Waals surface area contributed by atoms with E-state index in [-0.39, 0.29) is 23.3 Å². The summed E-state index contributed by atoms with van der Waals surface area (Å²) in [5, 5.41) is 14.7. The third-order valence-corrected chi connectivity index (χ3v) is 4.29. The SMILES string of the molecule is CC(=O)NC1(C)CC1CC(C)C(=O)NC1(C#N)CC1. The molecule has 2 aliphatic rings. The zero-order valence-corrected chi connectivity index (χ0v) is 11.7. The Bertz CT molecular complexity index is 450. The number of amides is 2. The van der Waals surface area contributed by atoms with Gasteiger partial charge in [0.2, 0.25) is 11.8 Å². The minimum Gasteiger partial charge on any atom is -0.351 e. The van der Waals surface area contributed by atoms with Crippen molar-refractivity contribution in [1.29, 1.82) is 5.26 Å². The number of carbonyl (C=O) groups excluding carboxylic acids is 2. The molecule has 2 saturated carbocycles. The average Bonchev–Trinajstić information content (AvgIpc) is 3.18. The summed E-state index contributed by atoms with van der Waals surface area (Å²) in [6.07, 6.45) is 3.20. The first-order valence-electron chi connectivity index (χ1n) is 6.82. The molecule has 2 N–H and O–H groups in total.